The van der Waals surface area contributed by atoms with Gasteiger partial charge in [-0.05, 0) is 26.0 Å². The second kappa shape index (κ2) is 5.84. The molecule has 1 fully saturated rings. The van der Waals surface area contributed by atoms with E-state index in [1.807, 2.05) is 6.07 Å². The predicted molar refractivity (Wildman–Crippen MR) is 76.3 cm³/mol. The fourth-order valence-corrected chi connectivity index (χ4v) is 2.18. The number of anilines is 1. The number of hydrogen-bond acceptors (Lipinski definition) is 5. The number of morpholine rings is 1. The molecule has 0 spiro atoms. The Kier molecular flexibility index (Phi) is 4.37. The molecule has 0 radical (unpaired) electrons. The van der Waals surface area contributed by atoms with Gasteiger partial charge in [-0.15, -0.1) is 5.10 Å². The monoisotopic (exact) mass is 264 g/mol. The van der Waals surface area contributed by atoms with E-state index < -0.39 is 0 Å². The Morgan fingerprint density at radius 3 is 2.74 bits per heavy atom. The van der Waals surface area contributed by atoms with Gasteiger partial charge in [-0.2, -0.15) is 5.10 Å². The molecule has 1 aromatic heterocycles. The van der Waals surface area contributed by atoms with Crippen molar-refractivity contribution in [2.75, 3.05) is 24.7 Å². The summed E-state index contributed by atoms with van der Waals surface area (Å²) in [5.41, 5.74) is 0.952. The molecule has 0 unspecified atom stereocenters. The van der Waals surface area contributed by atoms with Crippen LogP contribution < -0.4 is 10.2 Å². The first-order valence-electron chi connectivity index (χ1n) is 6.90. The van der Waals surface area contributed by atoms with Crippen LogP contribution in [0.5, 0.6) is 0 Å². The molecule has 0 aliphatic carbocycles. The van der Waals surface area contributed by atoms with Gasteiger partial charge in [-0.1, -0.05) is 13.8 Å². The van der Waals surface area contributed by atoms with E-state index in [0.29, 0.717) is 6.04 Å². The van der Waals surface area contributed by atoms with Crippen LogP contribution in [0.1, 0.15) is 33.4 Å². The molecule has 19 heavy (non-hydrogen) atoms. The first kappa shape index (κ1) is 14.2. The minimum atomic E-state index is -0.0232. The molecule has 2 rings (SSSR count). The van der Waals surface area contributed by atoms with E-state index in [-0.39, 0.29) is 5.54 Å². The number of ether oxygens (including phenoxy) is 1. The summed E-state index contributed by atoms with van der Waals surface area (Å²) < 4.78 is 5.53. The first-order valence-corrected chi connectivity index (χ1v) is 6.90. The van der Waals surface area contributed by atoms with Gasteiger partial charge in [0.1, 0.15) is 0 Å². The van der Waals surface area contributed by atoms with Gasteiger partial charge in [0.2, 0.25) is 0 Å². The molecule has 1 aromatic rings. The van der Waals surface area contributed by atoms with Gasteiger partial charge in [0.05, 0.1) is 24.4 Å². The van der Waals surface area contributed by atoms with Crippen molar-refractivity contribution in [2.45, 2.75) is 45.8 Å². The summed E-state index contributed by atoms with van der Waals surface area (Å²) in [6.45, 7) is 11.7. The molecule has 1 aliphatic heterocycles. The maximum absolute atomic E-state index is 5.53. The third-order valence-corrected chi connectivity index (χ3v) is 3.32. The molecule has 1 aliphatic rings. The maximum Gasteiger partial charge on any atom is 0.151 e. The summed E-state index contributed by atoms with van der Waals surface area (Å²) in [4.78, 5) is 2.27. The van der Waals surface area contributed by atoms with Crippen LogP contribution in [0.25, 0.3) is 0 Å². The van der Waals surface area contributed by atoms with E-state index in [2.05, 4.69) is 54.2 Å². The van der Waals surface area contributed by atoms with Crippen molar-refractivity contribution < 1.29 is 4.74 Å². The zero-order valence-electron chi connectivity index (χ0n) is 12.3. The van der Waals surface area contributed by atoms with Gasteiger partial charge in [0.25, 0.3) is 0 Å². The first-order chi connectivity index (χ1) is 8.99. The highest BCUT2D eigenvalue weighted by Crippen LogP contribution is 2.24. The molecular formula is C14H24N4O. The van der Waals surface area contributed by atoms with Gasteiger partial charge < -0.3 is 15.0 Å². The lowest BCUT2D eigenvalue weighted by molar-refractivity contribution is 0.0638. The normalized spacial score (nSPS) is 18.9. The van der Waals surface area contributed by atoms with Crippen LogP contribution in [0.2, 0.25) is 0 Å². The second-order valence-electron chi connectivity index (χ2n) is 5.94. The molecule has 0 bridgehead atoms. The molecule has 0 amide bonds. The van der Waals surface area contributed by atoms with Gasteiger partial charge in [0.15, 0.2) is 5.82 Å². The molecule has 1 saturated heterocycles. The second-order valence-corrected chi connectivity index (χ2v) is 5.94. The summed E-state index contributed by atoms with van der Waals surface area (Å²) in [5.74, 6) is 0.932. The van der Waals surface area contributed by atoms with Crippen molar-refractivity contribution in [2.24, 2.45) is 0 Å². The largest absolute Gasteiger partial charge is 0.377 e. The average Bonchev–Trinajstić information content (AvgIpc) is 2.37. The topological polar surface area (TPSA) is 50.3 Å². The van der Waals surface area contributed by atoms with Crippen LogP contribution in [0.3, 0.4) is 0 Å². The van der Waals surface area contributed by atoms with Crippen LogP contribution in [0.4, 0.5) is 5.82 Å². The lowest BCUT2D eigenvalue weighted by Gasteiger charge is -2.42. The molecule has 0 aromatic carbocycles. The van der Waals surface area contributed by atoms with E-state index in [0.717, 1.165) is 37.8 Å². The Balaban J connectivity index is 2.05. The Morgan fingerprint density at radius 1 is 1.37 bits per heavy atom. The van der Waals surface area contributed by atoms with Gasteiger partial charge in [-0.3, -0.25) is 0 Å². The highest BCUT2D eigenvalue weighted by atomic mass is 16.5. The van der Waals surface area contributed by atoms with E-state index in [9.17, 15) is 0 Å². The van der Waals surface area contributed by atoms with Crippen LogP contribution in [-0.2, 0) is 11.3 Å². The zero-order valence-corrected chi connectivity index (χ0v) is 12.3. The number of rotatable bonds is 4. The smallest absolute Gasteiger partial charge is 0.151 e. The van der Waals surface area contributed by atoms with Crippen molar-refractivity contribution >= 4 is 5.82 Å². The van der Waals surface area contributed by atoms with Crippen molar-refractivity contribution in [3.05, 3.63) is 17.8 Å². The minimum absolute atomic E-state index is 0.0232. The highest BCUT2D eigenvalue weighted by Gasteiger charge is 2.31. The summed E-state index contributed by atoms with van der Waals surface area (Å²) in [5, 5.41) is 12.0. The summed E-state index contributed by atoms with van der Waals surface area (Å²) in [7, 11) is 0. The van der Waals surface area contributed by atoms with Crippen molar-refractivity contribution in [1.29, 1.82) is 0 Å². The van der Waals surface area contributed by atoms with Crippen LogP contribution in [-0.4, -0.2) is 41.5 Å². The van der Waals surface area contributed by atoms with Crippen LogP contribution in [0.15, 0.2) is 12.1 Å². The quantitative estimate of drug-likeness (QED) is 0.895. The number of hydrogen-bond donors (Lipinski definition) is 1. The maximum atomic E-state index is 5.53. The van der Waals surface area contributed by atoms with Gasteiger partial charge >= 0.3 is 0 Å². The van der Waals surface area contributed by atoms with Crippen LogP contribution in [0, 0.1) is 0 Å². The van der Waals surface area contributed by atoms with Crippen molar-refractivity contribution in [3.8, 4) is 0 Å². The Hall–Kier alpha value is -1.20. The van der Waals surface area contributed by atoms with E-state index in [1.165, 1.54) is 0 Å². The van der Waals surface area contributed by atoms with Crippen LogP contribution >= 0.6 is 0 Å². The van der Waals surface area contributed by atoms with Crippen molar-refractivity contribution in [3.63, 3.8) is 0 Å². The Morgan fingerprint density at radius 2 is 2.16 bits per heavy atom. The SMILES string of the molecule is CC(C)NCc1ccc(N2CCOCC2(C)C)nn1. The molecule has 1 N–H and O–H groups in total. The molecular weight excluding hydrogens is 240 g/mol. The molecule has 5 nitrogen and oxygen atoms in total. The lowest BCUT2D eigenvalue weighted by atomic mass is 10.0. The fraction of sp³-hybridized carbons (Fsp3) is 0.714. The number of nitrogens with one attached hydrogen (secondary N) is 1. The summed E-state index contributed by atoms with van der Waals surface area (Å²) in [6.07, 6.45) is 0. The molecule has 0 saturated carbocycles. The third kappa shape index (κ3) is 3.64. The zero-order chi connectivity index (χ0) is 13.9. The van der Waals surface area contributed by atoms with E-state index in [1.54, 1.807) is 0 Å². The van der Waals surface area contributed by atoms with E-state index >= 15 is 0 Å². The fourth-order valence-electron chi connectivity index (χ4n) is 2.18. The molecule has 5 heteroatoms. The predicted octanol–water partition coefficient (Wildman–Crippen LogP) is 1.59. The van der Waals surface area contributed by atoms with Crippen molar-refractivity contribution in [1.82, 2.24) is 15.5 Å². The molecule has 0 atom stereocenters. The molecule has 106 valence electrons. The summed E-state index contributed by atoms with van der Waals surface area (Å²) in [6, 6.07) is 4.56. The average molecular weight is 264 g/mol. The Labute approximate surface area is 115 Å². The van der Waals surface area contributed by atoms with Gasteiger partial charge in [-0.25, -0.2) is 0 Å². The number of aromatic nitrogens is 2. The Bertz CT molecular complexity index is 402. The molecule has 2 heterocycles. The highest BCUT2D eigenvalue weighted by molar-refractivity contribution is 5.41. The number of nitrogens with zero attached hydrogens (tertiary/aromatic N) is 3. The standard InChI is InChI=1S/C14H24N4O/c1-11(2)15-9-12-5-6-13(17-16-12)18-7-8-19-10-14(18,3)4/h5-6,11,15H,7-10H2,1-4H3. The minimum Gasteiger partial charge on any atom is -0.377 e. The summed E-state index contributed by atoms with van der Waals surface area (Å²) >= 11 is 0. The lowest BCUT2D eigenvalue weighted by Crippen LogP contribution is -2.53. The van der Waals surface area contributed by atoms with Gasteiger partial charge in [0, 0.05) is 19.1 Å². The van der Waals surface area contributed by atoms with E-state index in [4.69, 9.17) is 4.74 Å². The third-order valence-electron chi connectivity index (χ3n) is 3.32.